The first-order valence-electron chi connectivity index (χ1n) is 7.94. The third-order valence-corrected chi connectivity index (χ3v) is 5.04. The molecular weight excluding hydrogens is 272 g/mol. The highest BCUT2D eigenvalue weighted by molar-refractivity contribution is 5.43. The summed E-state index contributed by atoms with van der Waals surface area (Å²) in [6, 6.07) is 15.1. The number of rotatable bonds is 3. The lowest BCUT2D eigenvalue weighted by molar-refractivity contribution is 0.372. The molecule has 1 aliphatic rings. The van der Waals surface area contributed by atoms with Crippen molar-refractivity contribution in [2.24, 2.45) is 5.92 Å². The summed E-state index contributed by atoms with van der Waals surface area (Å²) in [5, 5.41) is 0. The molecular formula is C20H24O2. The van der Waals surface area contributed by atoms with Gasteiger partial charge in [0.2, 0.25) is 0 Å². The largest absolute Gasteiger partial charge is 0.497 e. The molecule has 116 valence electrons. The van der Waals surface area contributed by atoms with E-state index in [9.17, 15) is 0 Å². The van der Waals surface area contributed by atoms with E-state index in [0.29, 0.717) is 17.8 Å². The fourth-order valence-corrected chi connectivity index (χ4v) is 3.93. The van der Waals surface area contributed by atoms with E-state index in [1.165, 1.54) is 16.7 Å². The van der Waals surface area contributed by atoms with Crippen LogP contribution in [-0.4, -0.2) is 14.2 Å². The zero-order chi connectivity index (χ0) is 15.7. The van der Waals surface area contributed by atoms with Gasteiger partial charge in [-0.3, -0.25) is 0 Å². The molecule has 22 heavy (non-hydrogen) atoms. The Morgan fingerprint density at radius 2 is 1.50 bits per heavy atom. The summed E-state index contributed by atoms with van der Waals surface area (Å²) in [5.74, 6) is 3.55. The molecule has 0 N–H and O–H groups in total. The Morgan fingerprint density at radius 1 is 0.864 bits per heavy atom. The van der Waals surface area contributed by atoms with Crippen LogP contribution in [0.1, 0.15) is 42.4 Å². The average molecular weight is 296 g/mol. The van der Waals surface area contributed by atoms with E-state index in [-0.39, 0.29) is 0 Å². The van der Waals surface area contributed by atoms with Gasteiger partial charge in [0.25, 0.3) is 0 Å². The van der Waals surface area contributed by atoms with Crippen molar-refractivity contribution in [3.63, 3.8) is 0 Å². The molecule has 3 atom stereocenters. The lowest BCUT2D eigenvalue weighted by Crippen LogP contribution is -2.25. The van der Waals surface area contributed by atoms with Crippen molar-refractivity contribution < 1.29 is 9.47 Å². The highest BCUT2D eigenvalue weighted by atomic mass is 16.5. The van der Waals surface area contributed by atoms with Gasteiger partial charge in [-0.15, -0.1) is 0 Å². The minimum Gasteiger partial charge on any atom is -0.497 e. The summed E-state index contributed by atoms with van der Waals surface area (Å²) in [6.07, 6.45) is 1.10. The van der Waals surface area contributed by atoms with Gasteiger partial charge in [-0.25, -0.2) is 0 Å². The Morgan fingerprint density at radius 3 is 2.14 bits per heavy atom. The van der Waals surface area contributed by atoms with Crippen molar-refractivity contribution >= 4 is 0 Å². The van der Waals surface area contributed by atoms with Crippen LogP contribution < -0.4 is 9.47 Å². The summed E-state index contributed by atoms with van der Waals surface area (Å²) in [4.78, 5) is 0. The molecule has 0 aromatic heterocycles. The van der Waals surface area contributed by atoms with Gasteiger partial charge in [-0.1, -0.05) is 32.0 Å². The molecule has 0 spiro atoms. The minimum atomic E-state index is 0.512. The molecule has 0 aliphatic heterocycles. The van der Waals surface area contributed by atoms with Crippen molar-refractivity contribution in [1.82, 2.24) is 0 Å². The van der Waals surface area contributed by atoms with Gasteiger partial charge in [-0.2, -0.15) is 0 Å². The molecule has 3 rings (SSSR count). The van der Waals surface area contributed by atoms with E-state index in [1.807, 2.05) is 0 Å². The molecule has 0 fully saturated rings. The van der Waals surface area contributed by atoms with Gasteiger partial charge in [0.05, 0.1) is 14.2 Å². The first-order chi connectivity index (χ1) is 10.6. The topological polar surface area (TPSA) is 18.5 Å². The molecule has 0 radical (unpaired) electrons. The van der Waals surface area contributed by atoms with E-state index >= 15 is 0 Å². The van der Waals surface area contributed by atoms with Crippen LogP contribution in [0.15, 0.2) is 42.5 Å². The third-order valence-electron chi connectivity index (χ3n) is 5.04. The van der Waals surface area contributed by atoms with E-state index in [4.69, 9.17) is 9.47 Å². The maximum absolute atomic E-state index is 5.37. The molecule has 2 heteroatoms. The van der Waals surface area contributed by atoms with Gasteiger partial charge in [0.1, 0.15) is 11.5 Å². The van der Waals surface area contributed by atoms with Crippen molar-refractivity contribution in [1.29, 1.82) is 0 Å². The monoisotopic (exact) mass is 296 g/mol. The SMILES string of the molecule is COc1ccc(C2C(C)Cc3cc(OC)ccc3C2C)cc1. The Kier molecular flexibility index (Phi) is 4.10. The zero-order valence-electron chi connectivity index (χ0n) is 13.8. The molecule has 0 amide bonds. The second kappa shape index (κ2) is 6.04. The molecule has 1 aliphatic carbocycles. The van der Waals surface area contributed by atoms with E-state index < -0.39 is 0 Å². The van der Waals surface area contributed by atoms with Crippen molar-refractivity contribution in [2.45, 2.75) is 32.1 Å². The number of methoxy groups -OCH3 is 2. The van der Waals surface area contributed by atoms with Gasteiger partial charge in [-0.05, 0) is 65.1 Å². The predicted octanol–water partition coefficient (Wildman–Crippen LogP) is 4.78. The highest BCUT2D eigenvalue weighted by Gasteiger charge is 2.32. The van der Waals surface area contributed by atoms with Crippen molar-refractivity contribution in [3.05, 3.63) is 59.2 Å². The molecule has 3 unspecified atom stereocenters. The third kappa shape index (κ3) is 2.58. The molecule has 2 aromatic carbocycles. The Bertz CT molecular complexity index is 645. The summed E-state index contributed by atoms with van der Waals surface area (Å²) >= 11 is 0. The Labute approximate surface area is 133 Å². The fourth-order valence-electron chi connectivity index (χ4n) is 3.93. The first kappa shape index (κ1) is 15.0. The maximum Gasteiger partial charge on any atom is 0.119 e. The number of benzene rings is 2. The maximum atomic E-state index is 5.37. The van der Waals surface area contributed by atoms with Crippen LogP contribution in [0.4, 0.5) is 0 Å². The second-order valence-electron chi connectivity index (χ2n) is 6.33. The number of hydrogen-bond donors (Lipinski definition) is 0. The molecule has 0 bridgehead atoms. The molecule has 0 heterocycles. The lowest BCUT2D eigenvalue weighted by atomic mass is 9.67. The van der Waals surface area contributed by atoms with Crippen LogP contribution in [-0.2, 0) is 6.42 Å². The van der Waals surface area contributed by atoms with Gasteiger partial charge in [0, 0.05) is 0 Å². The van der Waals surface area contributed by atoms with Gasteiger partial charge < -0.3 is 9.47 Å². The molecule has 2 aromatic rings. The van der Waals surface area contributed by atoms with Crippen LogP contribution >= 0.6 is 0 Å². The van der Waals surface area contributed by atoms with Crippen molar-refractivity contribution in [3.8, 4) is 11.5 Å². The van der Waals surface area contributed by atoms with E-state index in [1.54, 1.807) is 14.2 Å². The van der Waals surface area contributed by atoms with Crippen molar-refractivity contribution in [2.75, 3.05) is 14.2 Å². The van der Waals surface area contributed by atoms with Crippen LogP contribution in [0.2, 0.25) is 0 Å². The van der Waals surface area contributed by atoms with Crippen LogP contribution in [0, 0.1) is 5.92 Å². The smallest absolute Gasteiger partial charge is 0.119 e. The minimum absolute atomic E-state index is 0.512. The summed E-state index contributed by atoms with van der Waals surface area (Å²) in [7, 11) is 3.45. The summed E-state index contributed by atoms with van der Waals surface area (Å²) in [6.45, 7) is 4.70. The van der Waals surface area contributed by atoms with E-state index in [0.717, 1.165) is 17.9 Å². The average Bonchev–Trinajstić information content (AvgIpc) is 2.55. The standard InChI is InChI=1S/C20H24O2/c1-13-11-16-12-18(22-4)9-10-19(16)14(2)20(13)15-5-7-17(21-3)8-6-15/h5-10,12-14,20H,11H2,1-4H3. The fraction of sp³-hybridized carbons (Fsp3) is 0.400. The van der Waals surface area contributed by atoms with Gasteiger partial charge >= 0.3 is 0 Å². The van der Waals surface area contributed by atoms with Crippen LogP contribution in [0.25, 0.3) is 0 Å². The molecule has 0 saturated carbocycles. The van der Waals surface area contributed by atoms with Crippen LogP contribution in [0.3, 0.4) is 0 Å². The molecule has 2 nitrogen and oxygen atoms in total. The number of fused-ring (bicyclic) bond motifs is 1. The predicted molar refractivity (Wildman–Crippen MR) is 90.0 cm³/mol. The summed E-state index contributed by atoms with van der Waals surface area (Å²) in [5.41, 5.74) is 4.30. The highest BCUT2D eigenvalue weighted by Crippen LogP contribution is 2.46. The zero-order valence-corrected chi connectivity index (χ0v) is 13.8. The number of ether oxygens (including phenoxy) is 2. The van der Waals surface area contributed by atoms with E-state index in [2.05, 4.69) is 56.3 Å². The molecule has 0 saturated heterocycles. The lowest BCUT2D eigenvalue weighted by Gasteiger charge is -2.37. The Hall–Kier alpha value is -1.96. The second-order valence-corrected chi connectivity index (χ2v) is 6.33. The summed E-state index contributed by atoms with van der Waals surface area (Å²) < 4.78 is 10.7. The van der Waals surface area contributed by atoms with Crippen LogP contribution in [0.5, 0.6) is 11.5 Å². The first-order valence-corrected chi connectivity index (χ1v) is 7.94. The normalized spacial score (nSPS) is 23.7. The van der Waals surface area contributed by atoms with Gasteiger partial charge in [0.15, 0.2) is 0 Å². The quantitative estimate of drug-likeness (QED) is 0.811. The Balaban J connectivity index is 1.95. The number of hydrogen-bond acceptors (Lipinski definition) is 2.